The van der Waals surface area contributed by atoms with Gasteiger partial charge in [-0.2, -0.15) is 0 Å². The first-order chi connectivity index (χ1) is 11.4. The molecular formula is C16H17FN2O4S. The van der Waals surface area contributed by atoms with E-state index in [0.717, 1.165) is 0 Å². The molecule has 2 aromatic carbocycles. The summed E-state index contributed by atoms with van der Waals surface area (Å²) in [5.74, 6) is -0.500. The zero-order valence-electron chi connectivity index (χ0n) is 13.0. The Morgan fingerprint density at radius 1 is 1.12 bits per heavy atom. The third-order valence-corrected chi connectivity index (χ3v) is 4.64. The van der Waals surface area contributed by atoms with Crippen LogP contribution < -0.4 is 14.8 Å². The van der Waals surface area contributed by atoms with Crippen LogP contribution in [0.3, 0.4) is 0 Å². The van der Waals surface area contributed by atoms with Gasteiger partial charge in [-0.15, -0.1) is 0 Å². The van der Waals surface area contributed by atoms with Crippen LogP contribution in [0.1, 0.15) is 6.42 Å². The van der Waals surface area contributed by atoms with E-state index < -0.39 is 21.7 Å². The predicted octanol–water partition coefficient (Wildman–Crippen LogP) is 2.14. The van der Waals surface area contributed by atoms with Crippen molar-refractivity contribution in [3.8, 4) is 5.75 Å². The summed E-state index contributed by atoms with van der Waals surface area (Å²) in [6.45, 7) is -0.103. The molecule has 0 saturated carbocycles. The number of methoxy groups -OCH3 is 1. The Balaban J connectivity index is 1.88. The molecule has 0 heterocycles. The molecule has 0 aliphatic carbocycles. The lowest BCUT2D eigenvalue weighted by Gasteiger charge is -2.08. The van der Waals surface area contributed by atoms with E-state index in [1.165, 1.54) is 49.6 Å². The fourth-order valence-electron chi connectivity index (χ4n) is 1.91. The molecule has 0 aliphatic heterocycles. The third-order valence-electron chi connectivity index (χ3n) is 3.16. The molecule has 0 unspecified atom stereocenters. The smallest absolute Gasteiger partial charge is 0.240 e. The molecule has 0 atom stereocenters. The average Bonchev–Trinajstić information content (AvgIpc) is 2.57. The Morgan fingerprint density at radius 3 is 2.42 bits per heavy atom. The van der Waals surface area contributed by atoms with Crippen LogP contribution in [0, 0.1) is 5.82 Å². The Labute approximate surface area is 139 Å². The number of ether oxygens (including phenoxy) is 1. The van der Waals surface area contributed by atoms with Crippen LogP contribution in [0.25, 0.3) is 0 Å². The zero-order chi connectivity index (χ0) is 17.6. The molecule has 0 saturated heterocycles. The number of hydrogen-bond acceptors (Lipinski definition) is 4. The minimum Gasteiger partial charge on any atom is -0.497 e. The van der Waals surface area contributed by atoms with Gasteiger partial charge >= 0.3 is 0 Å². The fraction of sp³-hybridized carbons (Fsp3) is 0.188. The van der Waals surface area contributed by atoms with Gasteiger partial charge in [-0.25, -0.2) is 17.5 Å². The number of carbonyl (C=O) groups is 1. The van der Waals surface area contributed by atoms with E-state index in [1.807, 2.05) is 0 Å². The molecule has 128 valence electrons. The van der Waals surface area contributed by atoms with Crippen LogP contribution in [0.4, 0.5) is 10.1 Å². The van der Waals surface area contributed by atoms with Crippen molar-refractivity contribution in [3.63, 3.8) is 0 Å². The molecule has 0 fully saturated rings. The van der Waals surface area contributed by atoms with Gasteiger partial charge in [-0.05, 0) is 36.4 Å². The SMILES string of the molecule is COc1ccc(S(=O)(=O)NCCC(=O)Nc2ccccc2F)cc1. The average molecular weight is 352 g/mol. The van der Waals surface area contributed by atoms with E-state index in [4.69, 9.17) is 4.74 Å². The van der Waals surface area contributed by atoms with E-state index in [-0.39, 0.29) is 23.5 Å². The minimum absolute atomic E-state index is 0.0560. The van der Waals surface area contributed by atoms with Crippen molar-refractivity contribution in [2.45, 2.75) is 11.3 Å². The molecular weight excluding hydrogens is 335 g/mol. The highest BCUT2D eigenvalue weighted by Gasteiger charge is 2.14. The van der Waals surface area contributed by atoms with Gasteiger partial charge in [0.1, 0.15) is 11.6 Å². The van der Waals surface area contributed by atoms with Gasteiger partial charge < -0.3 is 10.1 Å². The molecule has 0 bridgehead atoms. The maximum absolute atomic E-state index is 13.4. The number of carbonyl (C=O) groups excluding carboxylic acids is 1. The lowest BCUT2D eigenvalue weighted by atomic mass is 10.3. The Morgan fingerprint density at radius 2 is 1.79 bits per heavy atom. The fourth-order valence-corrected chi connectivity index (χ4v) is 2.94. The summed E-state index contributed by atoms with van der Waals surface area (Å²) in [5.41, 5.74) is 0.0560. The predicted molar refractivity (Wildman–Crippen MR) is 87.8 cm³/mol. The van der Waals surface area contributed by atoms with Crippen molar-refractivity contribution in [3.05, 3.63) is 54.3 Å². The van der Waals surface area contributed by atoms with E-state index >= 15 is 0 Å². The summed E-state index contributed by atoms with van der Waals surface area (Å²) >= 11 is 0. The van der Waals surface area contributed by atoms with E-state index in [0.29, 0.717) is 5.75 Å². The number of anilines is 1. The number of sulfonamides is 1. The van der Waals surface area contributed by atoms with Crippen LogP contribution >= 0.6 is 0 Å². The van der Waals surface area contributed by atoms with Crippen LogP contribution in [-0.4, -0.2) is 28.0 Å². The van der Waals surface area contributed by atoms with Crippen LogP contribution in [0.15, 0.2) is 53.4 Å². The van der Waals surface area contributed by atoms with Gasteiger partial charge in [0.15, 0.2) is 0 Å². The Kier molecular flexibility index (Phi) is 5.88. The number of nitrogens with one attached hydrogen (secondary N) is 2. The first kappa shape index (κ1) is 17.9. The first-order valence-corrected chi connectivity index (χ1v) is 8.59. The van der Waals surface area contributed by atoms with Crippen LogP contribution in [0.2, 0.25) is 0 Å². The van der Waals surface area contributed by atoms with Gasteiger partial charge in [0.25, 0.3) is 0 Å². The second-order valence-electron chi connectivity index (χ2n) is 4.85. The van der Waals surface area contributed by atoms with Crippen molar-refractivity contribution in [1.29, 1.82) is 0 Å². The van der Waals surface area contributed by atoms with Gasteiger partial charge in [0, 0.05) is 13.0 Å². The maximum atomic E-state index is 13.4. The van der Waals surface area contributed by atoms with E-state index in [9.17, 15) is 17.6 Å². The van der Waals surface area contributed by atoms with Crippen molar-refractivity contribution < 1.29 is 22.3 Å². The lowest BCUT2D eigenvalue weighted by Crippen LogP contribution is -2.28. The summed E-state index contributed by atoms with van der Waals surface area (Å²) in [6.07, 6.45) is -0.121. The minimum atomic E-state index is -3.72. The zero-order valence-corrected chi connectivity index (χ0v) is 13.8. The number of para-hydroxylation sites is 1. The summed E-state index contributed by atoms with van der Waals surface area (Å²) in [5, 5.41) is 2.39. The topological polar surface area (TPSA) is 84.5 Å². The monoisotopic (exact) mass is 352 g/mol. The van der Waals surface area contributed by atoms with Crippen LogP contribution in [0.5, 0.6) is 5.75 Å². The van der Waals surface area contributed by atoms with Gasteiger partial charge in [-0.3, -0.25) is 4.79 Å². The molecule has 8 heteroatoms. The summed E-state index contributed by atoms with van der Waals surface area (Å²) < 4.78 is 44.9. The Hall–Kier alpha value is -2.45. The second-order valence-corrected chi connectivity index (χ2v) is 6.62. The normalized spacial score (nSPS) is 11.1. The van der Waals surface area contributed by atoms with Gasteiger partial charge in [0.2, 0.25) is 15.9 Å². The molecule has 0 radical (unpaired) electrons. The standard InChI is InChI=1S/C16H17FN2O4S/c1-23-12-6-8-13(9-7-12)24(21,22)18-11-10-16(20)19-15-5-3-2-4-14(15)17/h2-9,18H,10-11H2,1H3,(H,19,20). The van der Waals surface area contributed by atoms with E-state index in [1.54, 1.807) is 6.07 Å². The van der Waals surface area contributed by atoms with E-state index in [2.05, 4.69) is 10.0 Å². The number of benzene rings is 2. The highest BCUT2D eigenvalue weighted by Crippen LogP contribution is 2.15. The maximum Gasteiger partial charge on any atom is 0.240 e. The van der Waals surface area contributed by atoms with Gasteiger partial charge in [0.05, 0.1) is 17.7 Å². The molecule has 24 heavy (non-hydrogen) atoms. The first-order valence-electron chi connectivity index (χ1n) is 7.10. The quantitative estimate of drug-likeness (QED) is 0.800. The molecule has 2 aromatic rings. The van der Waals surface area contributed by atoms with Crippen molar-refractivity contribution >= 4 is 21.6 Å². The second kappa shape index (κ2) is 7.89. The molecule has 0 aromatic heterocycles. The molecule has 6 nitrogen and oxygen atoms in total. The molecule has 0 spiro atoms. The summed E-state index contributed by atoms with van der Waals surface area (Å²) in [6, 6.07) is 11.6. The molecule has 2 N–H and O–H groups in total. The number of hydrogen-bond donors (Lipinski definition) is 2. The summed E-state index contributed by atoms with van der Waals surface area (Å²) in [4.78, 5) is 11.8. The molecule has 0 aliphatic rings. The highest BCUT2D eigenvalue weighted by molar-refractivity contribution is 7.89. The molecule has 1 amide bonds. The Bertz CT molecular complexity index is 807. The highest BCUT2D eigenvalue weighted by atomic mass is 32.2. The number of amides is 1. The van der Waals surface area contributed by atoms with Crippen molar-refractivity contribution in [2.24, 2.45) is 0 Å². The number of halogens is 1. The largest absolute Gasteiger partial charge is 0.497 e. The van der Waals surface area contributed by atoms with Crippen molar-refractivity contribution in [2.75, 3.05) is 19.0 Å². The number of rotatable bonds is 7. The van der Waals surface area contributed by atoms with Crippen molar-refractivity contribution in [1.82, 2.24) is 4.72 Å². The summed E-state index contributed by atoms with van der Waals surface area (Å²) in [7, 11) is -2.24. The molecule has 2 rings (SSSR count). The third kappa shape index (κ3) is 4.77. The van der Waals surface area contributed by atoms with Crippen LogP contribution in [-0.2, 0) is 14.8 Å². The lowest BCUT2D eigenvalue weighted by molar-refractivity contribution is -0.116. The van der Waals surface area contributed by atoms with Gasteiger partial charge in [-0.1, -0.05) is 12.1 Å².